The van der Waals surface area contributed by atoms with Gasteiger partial charge < -0.3 is 0 Å². The summed E-state index contributed by atoms with van der Waals surface area (Å²) in [4.78, 5) is 11.5. The number of aromatic nitrogens is 2. The van der Waals surface area contributed by atoms with Crippen LogP contribution in [-0.2, 0) is 16.2 Å². The van der Waals surface area contributed by atoms with Crippen LogP contribution in [0.25, 0.3) is 5.52 Å². The highest BCUT2D eigenvalue weighted by Crippen LogP contribution is 2.29. The van der Waals surface area contributed by atoms with Crippen molar-refractivity contribution in [2.45, 2.75) is 6.18 Å². The van der Waals surface area contributed by atoms with Crippen molar-refractivity contribution < 1.29 is 26.4 Å². The van der Waals surface area contributed by atoms with Crippen LogP contribution >= 0.6 is 0 Å². The molecule has 2 aromatic heterocycles. The molecule has 0 bridgehead atoms. The Hall–Kier alpha value is -2.10. The number of fused-ring (bicyclic) bond motifs is 1. The number of nitrogens with one attached hydrogen (secondary N) is 1. The van der Waals surface area contributed by atoms with Crippen molar-refractivity contribution in [2.75, 3.05) is 6.26 Å². The van der Waals surface area contributed by atoms with Gasteiger partial charge in [0.25, 0.3) is 5.91 Å². The molecule has 20 heavy (non-hydrogen) atoms. The van der Waals surface area contributed by atoms with Crippen molar-refractivity contribution in [3.63, 3.8) is 0 Å². The zero-order valence-corrected chi connectivity index (χ0v) is 10.8. The van der Waals surface area contributed by atoms with Crippen molar-refractivity contribution in [1.29, 1.82) is 0 Å². The molecule has 0 saturated carbocycles. The van der Waals surface area contributed by atoms with E-state index in [1.807, 2.05) is 0 Å². The van der Waals surface area contributed by atoms with Gasteiger partial charge in [0.2, 0.25) is 10.0 Å². The lowest BCUT2D eigenvalue weighted by molar-refractivity contribution is -0.137. The van der Waals surface area contributed by atoms with Crippen LogP contribution in [0.2, 0.25) is 0 Å². The number of pyridine rings is 1. The summed E-state index contributed by atoms with van der Waals surface area (Å²) in [7, 11) is -3.77. The van der Waals surface area contributed by atoms with Crippen LogP contribution in [0.15, 0.2) is 24.4 Å². The smallest absolute Gasteiger partial charge is 0.266 e. The Morgan fingerprint density at radius 3 is 2.55 bits per heavy atom. The topological polar surface area (TPSA) is 80.5 Å². The van der Waals surface area contributed by atoms with E-state index in [1.165, 1.54) is 6.07 Å². The molecule has 108 valence electrons. The second kappa shape index (κ2) is 4.47. The number of amides is 1. The molecule has 10 heteroatoms. The van der Waals surface area contributed by atoms with Crippen LogP contribution in [0.5, 0.6) is 0 Å². The van der Waals surface area contributed by atoms with Gasteiger partial charge in [0.15, 0.2) is 5.69 Å². The standard InChI is InChI=1S/C10H8F3N3O3S/c1-20(18,19)15-9(17)8-4-7-3-2-6(10(11,12)13)5-16(7)14-8/h2-5H,1H3,(H,15,17). The Balaban J connectivity index is 2.42. The molecule has 0 fully saturated rings. The average Bonchev–Trinajstić information content (AvgIpc) is 2.67. The Morgan fingerprint density at radius 1 is 1.35 bits per heavy atom. The number of sulfonamides is 1. The van der Waals surface area contributed by atoms with Crippen LogP contribution in [-0.4, -0.2) is 30.2 Å². The summed E-state index contributed by atoms with van der Waals surface area (Å²) in [6.45, 7) is 0. The number of carbonyl (C=O) groups excluding carboxylic acids is 1. The fraction of sp³-hybridized carbons (Fsp3) is 0.200. The monoisotopic (exact) mass is 307 g/mol. The van der Waals surface area contributed by atoms with Gasteiger partial charge in [-0.15, -0.1) is 0 Å². The van der Waals surface area contributed by atoms with Crippen LogP contribution in [0, 0.1) is 0 Å². The minimum Gasteiger partial charge on any atom is -0.266 e. The van der Waals surface area contributed by atoms with Crippen LogP contribution in [0.3, 0.4) is 0 Å². The minimum atomic E-state index is -4.53. The molecular weight excluding hydrogens is 299 g/mol. The highest BCUT2D eigenvalue weighted by Gasteiger charge is 2.31. The number of alkyl halides is 3. The highest BCUT2D eigenvalue weighted by molar-refractivity contribution is 7.89. The first-order valence-electron chi connectivity index (χ1n) is 5.15. The van der Waals surface area contributed by atoms with Gasteiger partial charge in [0, 0.05) is 6.20 Å². The predicted octanol–water partition coefficient (Wildman–Crippen LogP) is 1.04. The molecule has 1 amide bonds. The van der Waals surface area contributed by atoms with Crippen LogP contribution < -0.4 is 4.72 Å². The van der Waals surface area contributed by atoms with Crippen LogP contribution in [0.1, 0.15) is 16.1 Å². The Bertz CT molecular complexity index is 780. The SMILES string of the molecule is CS(=O)(=O)NC(=O)c1cc2ccc(C(F)(F)F)cn2n1. The van der Waals surface area contributed by atoms with E-state index < -0.39 is 27.7 Å². The maximum absolute atomic E-state index is 12.5. The minimum absolute atomic E-state index is 0.233. The summed E-state index contributed by atoms with van der Waals surface area (Å²) >= 11 is 0. The number of halogens is 3. The third kappa shape index (κ3) is 3.07. The van der Waals surface area contributed by atoms with E-state index in [9.17, 15) is 26.4 Å². The first-order valence-corrected chi connectivity index (χ1v) is 7.04. The number of carbonyl (C=O) groups is 1. The predicted molar refractivity (Wildman–Crippen MR) is 62.5 cm³/mol. The van der Waals surface area contributed by atoms with Gasteiger partial charge in [-0.1, -0.05) is 0 Å². The Morgan fingerprint density at radius 2 is 2.00 bits per heavy atom. The van der Waals surface area contributed by atoms with Crippen molar-refractivity contribution in [1.82, 2.24) is 14.3 Å². The molecule has 0 aliphatic heterocycles. The fourth-order valence-corrected chi connectivity index (χ4v) is 1.93. The molecule has 0 spiro atoms. The second-order valence-electron chi connectivity index (χ2n) is 4.02. The number of hydrogen-bond donors (Lipinski definition) is 1. The van der Waals surface area contributed by atoms with Gasteiger partial charge >= 0.3 is 6.18 Å². The zero-order valence-electron chi connectivity index (χ0n) is 9.97. The van der Waals surface area contributed by atoms with Crippen molar-refractivity contribution in [3.05, 3.63) is 35.7 Å². The van der Waals surface area contributed by atoms with Crippen LogP contribution in [0.4, 0.5) is 13.2 Å². The quantitative estimate of drug-likeness (QED) is 0.899. The molecule has 2 heterocycles. The van der Waals surface area contributed by atoms with Crippen molar-refractivity contribution >= 4 is 21.4 Å². The third-order valence-corrected chi connectivity index (χ3v) is 2.85. The first-order chi connectivity index (χ1) is 9.06. The van der Waals surface area contributed by atoms with Crippen molar-refractivity contribution in [2.24, 2.45) is 0 Å². The van der Waals surface area contributed by atoms with E-state index in [-0.39, 0.29) is 11.2 Å². The van der Waals surface area contributed by atoms with Gasteiger partial charge in [-0.3, -0.25) is 4.79 Å². The summed E-state index contributed by atoms with van der Waals surface area (Å²) in [6.07, 6.45) is -3.04. The average molecular weight is 307 g/mol. The van der Waals surface area contributed by atoms with Crippen molar-refractivity contribution in [3.8, 4) is 0 Å². The summed E-state index contributed by atoms with van der Waals surface area (Å²) in [5.41, 5.74) is -0.991. The molecular formula is C10H8F3N3O3S. The molecule has 6 nitrogen and oxygen atoms in total. The number of nitrogens with zero attached hydrogens (tertiary/aromatic N) is 2. The lowest BCUT2D eigenvalue weighted by Gasteiger charge is -2.05. The lowest BCUT2D eigenvalue weighted by Crippen LogP contribution is -2.29. The lowest BCUT2D eigenvalue weighted by atomic mass is 10.2. The molecule has 0 aliphatic rings. The number of rotatable bonds is 2. The third-order valence-electron chi connectivity index (χ3n) is 2.30. The molecule has 0 radical (unpaired) electrons. The Labute approximate surface area is 111 Å². The molecule has 0 unspecified atom stereocenters. The maximum atomic E-state index is 12.5. The van der Waals surface area contributed by atoms with E-state index in [4.69, 9.17) is 0 Å². The normalized spacial score (nSPS) is 12.6. The molecule has 0 aliphatic carbocycles. The maximum Gasteiger partial charge on any atom is 0.417 e. The van der Waals surface area contributed by atoms with E-state index in [0.717, 1.165) is 22.9 Å². The molecule has 0 saturated heterocycles. The number of hydrogen-bond acceptors (Lipinski definition) is 4. The zero-order chi connectivity index (χ0) is 15.1. The molecule has 0 aromatic carbocycles. The molecule has 1 N–H and O–H groups in total. The van der Waals surface area contributed by atoms with E-state index >= 15 is 0 Å². The second-order valence-corrected chi connectivity index (χ2v) is 5.77. The van der Waals surface area contributed by atoms with E-state index in [0.29, 0.717) is 6.20 Å². The summed E-state index contributed by atoms with van der Waals surface area (Å²) in [6, 6.07) is 3.16. The summed E-state index contributed by atoms with van der Waals surface area (Å²) in [5.74, 6) is -1.01. The first kappa shape index (κ1) is 14.3. The van der Waals surface area contributed by atoms with Gasteiger partial charge in [-0.05, 0) is 18.2 Å². The molecule has 0 atom stereocenters. The summed E-state index contributed by atoms with van der Waals surface area (Å²) < 4.78 is 61.9. The van der Waals surface area contributed by atoms with Gasteiger partial charge in [-0.2, -0.15) is 18.3 Å². The molecule has 2 rings (SSSR count). The Kier molecular flexibility index (Phi) is 3.20. The van der Waals surface area contributed by atoms with E-state index in [2.05, 4.69) is 5.10 Å². The van der Waals surface area contributed by atoms with Gasteiger partial charge in [-0.25, -0.2) is 17.7 Å². The molecule has 2 aromatic rings. The van der Waals surface area contributed by atoms with Gasteiger partial charge in [0.1, 0.15) is 0 Å². The summed E-state index contributed by atoms with van der Waals surface area (Å²) in [5, 5.41) is 3.61. The largest absolute Gasteiger partial charge is 0.417 e. The fourth-order valence-electron chi connectivity index (χ4n) is 1.49. The van der Waals surface area contributed by atoms with Gasteiger partial charge in [0.05, 0.1) is 17.3 Å². The highest BCUT2D eigenvalue weighted by atomic mass is 32.2. The van der Waals surface area contributed by atoms with E-state index in [1.54, 1.807) is 4.72 Å².